The first-order valence-corrected chi connectivity index (χ1v) is 11.3. The van der Waals surface area contributed by atoms with Crippen LogP contribution in [0.3, 0.4) is 0 Å². The highest BCUT2D eigenvalue weighted by molar-refractivity contribution is 6.09. The van der Waals surface area contributed by atoms with Crippen molar-refractivity contribution in [2.75, 3.05) is 26.3 Å². The Kier molecular flexibility index (Phi) is 5.02. The standard InChI is InChI=1S/C23H29N3O5/c1-15-5-2-3-9-23(15)21(28)26(22(29)24-23)14-20(27)25-10-4-6-17(25)16-7-8-18-19(13-16)31-12-11-30-18/h7-8,13,15,17H,2-6,9-12,14H2,1H3,(H,24,29). The molecule has 166 valence electrons. The fraction of sp³-hybridized carbons (Fsp3) is 0.609. The Morgan fingerprint density at radius 2 is 1.94 bits per heavy atom. The van der Waals surface area contributed by atoms with Gasteiger partial charge in [0.15, 0.2) is 11.5 Å². The third-order valence-corrected chi connectivity index (χ3v) is 7.32. The maximum Gasteiger partial charge on any atom is 0.325 e. The molecule has 0 aromatic heterocycles. The number of nitrogens with zero attached hydrogens (tertiary/aromatic N) is 2. The van der Waals surface area contributed by atoms with E-state index < -0.39 is 11.6 Å². The second-order valence-electron chi connectivity index (χ2n) is 9.09. The van der Waals surface area contributed by atoms with E-state index in [-0.39, 0.29) is 30.3 Å². The van der Waals surface area contributed by atoms with Gasteiger partial charge < -0.3 is 19.7 Å². The minimum Gasteiger partial charge on any atom is -0.486 e. The van der Waals surface area contributed by atoms with Crippen LogP contribution in [0.15, 0.2) is 18.2 Å². The average molecular weight is 428 g/mol. The molecule has 5 rings (SSSR count). The fourth-order valence-electron chi connectivity index (χ4n) is 5.54. The van der Waals surface area contributed by atoms with Crippen LogP contribution in [0.1, 0.15) is 57.1 Å². The highest BCUT2D eigenvalue weighted by Gasteiger charge is 2.55. The van der Waals surface area contributed by atoms with Crippen molar-refractivity contribution < 1.29 is 23.9 Å². The predicted octanol–water partition coefficient (Wildman–Crippen LogP) is 2.62. The number of hydrogen-bond acceptors (Lipinski definition) is 5. The first-order chi connectivity index (χ1) is 15.0. The summed E-state index contributed by atoms with van der Waals surface area (Å²) in [4.78, 5) is 42.0. The summed E-state index contributed by atoms with van der Waals surface area (Å²) in [5, 5.41) is 2.93. The molecule has 3 unspecified atom stereocenters. The van der Waals surface area contributed by atoms with Gasteiger partial charge in [-0.3, -0.25) is 14.5 Å². The van der Waals surface area contributed by atoms with E-state index in [1.807, 2.05) is 25.1 Å². The number of nitrogens with one attached hydrogen (secondary N) is 1. The third kappa shape index (κ3) is 3.32. The summed E-state index contributed by atoms with van der Waals surface area (Å²) in [7, 11) is 0. The summed E-state index contributed by atoms with van der Waals surface area (Å²) >= 11 is 0. The fourth-order valence-corrected chi connectivity index (χ4v) is 5.54. The van der Waals surface area contributed by atoms with Crippen molar-refractivity contribution in [3.8, 4) is 11.5 Å². The molecule has 4 aliphatic rings. The van der Waals surface area contributed by atoms with E-state index >= 15 is 0 Å². The number of hydrogen-bond donors (Lipinski definition) is 1. The van der Waals surface area contributed by atoms with Crippen LogP contribution in [0.2, 0.25) is 0 Å². The topological polar surface area (TPSA) is 88.2 Å². The molecule has 1 spiro atoms. The number of amides is 4. The van der Waals surface area contributed by atoms with Gasteiger partial charge in [0.05, 0.1) is 6.04 Å². The molecule has 3 fully saturated rings. The van der Waals surface area contributed by atoms with E-state index in [1.54, 1.807) is 4.90 Å². The van der Waals surface area contributed by atoms with Crippen LogP contribution in [-0.4, -0.2) is 59.5 Å². The SMILES string of the molecule is CC1CCCCC12NC(=O)N(CC(=O)N1CCCC1c1ccc3c(c1)OCCO3)C2=O. The first kappa shape index (κ1) is 20.2. The minimum atomic E-state index is -0.837. The van der Waals surface area contributed by atoms with Gasteiger partial charge >= 0.3 is 6.03 Å². The van der Waals surface area contributed by atoms with Gasteiger partial charge in [0.2, 0.25) is 5.91 Å². The van der Waals surface area contributed by atoms with Crippen LogP contribution < -0.4 is 14.8 Å². The summed E-state index contributed by atoms with van der Waals surface area (Å²) in [6.45, 7) is 3.47. The largest absolute Gasteiger partial charge is 0.486 e. The zero-order valence-electron chi connectivity index (χ0n) is 17.9. The number of fused-ring (bicyclic) bond motifs is 1. The van der Waals surface area contributed by atoms with Crippen molar-refractivity contribution in [2.24, 2.45) is 5.92 Å². The van der Waals surface area contributed by atoms with Crippen LogP contribution in [-0.2, 0) is 9.59 Å². The quantitative estimate of drug-likeness (QED) is 0.750. The predicted molar refractivity (Wildman–Crippen MR) is 112 cm³/mol. The van der Waals surface area contributed by atoms with Gasteiger partial charge in [-0.1, -0.05) is 25.8 Å². The van der Waals surface area contributed by atoms with Crippen molar-refractivity contribution in [3.05, 3.63) is 23.8 Å². The second kappa shape index (κ2) is 7.73. The third-order valence-electron chi connectivity index (χ3n) is 7.32. The van der Waals surface area contributed by atoms with Gasteiger partial charge in [0, 0.05) is 6.54 Å². The Labute approximate surface area is 181 Å². The Hall–Kier alpha value is -2.77. The van der Waals surface area contributed by atoms with Gasteiger partial charge in [-0.15, -0.1) is 0 Å². The van der Waals surface area contributed by atoms with E-state index in [4.69, 9.17) is 9.47 Å². The average Bonchev–Trinajstić information content (AvgIpc) is 3.36. The monoisotopic (exact) mass is 427 g/mol. The summed E-state index contributed by atoms with van der Waals surface area (Å²) in [6, 6.07) is 5.26. The van der Waals surface area contributed by atoms with Gasteiger partial charge in [-0.05, 0) is 49.3 Å². The number of urea groups is 1. The molecule has 2 saturated heterocycles. The molecular weight excluding hydrogens is 398 g/mol. The normalized spacial score (nSPS) is 30.1. The highest BCUT2D eigenvalue weighted by atomic mass is 16.6. The molecule has 1 N–H and O–H groups in total. The van der Waals surface area contributed by atoms with E-state index in [0.717, 1.165) is 48.3 Å². The lowest BCUT2D eigenvalue weighted by molar-refractivity contribution is -0.141. The number of carbonyl (C=O) groups is 3. The molecule has 3 aliphatic heterocycles. The summed E-state index contributed by atoms with van der Waals surface area (Å²) in [5.74, 6) is 1.06. The van der Waals surface area contributed by atoms with Crippen molar-refractivity contribution in [2.45, 2.75) is 57.0 Å². The van der Waals surface area contributed by atoms with Gasteiger partial charge in [0.25, 0.3) is 5.91 Å². The minimum absolute atomic E-state index is 0.0788. The molecule has 1 aromatic carbocycles. The molecule has 3 atom stereocenters. The zero-order valence-corrected chi connectivity index (χ0v) is 17.9. The Balaban J connectivity index is 1.32. The maximum atomic E-state index is 13.2. The molecule has 31 heavy (non-hydrogen) atoms. The smallest absolute Gasteiger partial charge is 0.325 e. The molecule has 4 amide bonds. The maximum absolute atomic E-state index is 13.2. The number of benzene rings is 1. The molecule has 1 saturated carbocycles. The lowest BCUT2D eigenvalue weighted by atomic mass is 9.73. The summed E-state index contributed by atoms with van der Waals surface area (Å²) < 4.78 is 11.3. The van der Waals surface area contributed by atoms with Crippen molar-refractivity contribution in [3.63, 3.8) is 0 Å². The highest BCUT2D eigenvalue weighted by Crippen LogP contribution is 2.40. The van der Waals surface area contributed by atoms with Gasteiger partial charge in [-0.2, -0.15) is 0 Å². The molecule has 1 aromatic rings. The first-order valence-electron chi connectivity index (χ1n) is 11.3. The number of carbonyl (C=O) groups excluding carboxylic acids is 3. The number of imide groups is 1. The Bertz CT molecular complexity index is 918. The molecular formula is C23H29N3O5. The Morgan fingerprint density at radius 3 is 2.74 bits per heavy atom. The molecule has 1 aliphatic carbocycles. The summed E-state index contributed by atoms with van der Waals surface area (Å²) in [6.07, 6.45) is 5.25. The lowest BCUT2D eigenvalue weighted by Crippen LogP contribution is -2.54. The van der Waals surface area contributed by atoms with Crippen molar-refractivity contribution >= 4 is 17.8 Å². The van der Waals surface area contributed by atoms with Crippen LogP contribution >= 0.6 is 0 Å². The van der Waals surface area contributed by atoms with E-state index in [9.17, 15) is 14.4 Å². The Morgan fingerprint density at radius 1 is 1.13 bits per heavy atom. The van der Waals surface area contributed by atoms with Crippen molar-refractivity contribution in [1.82, 2.24) is 15.1 Å². The van der Waals surface area contributed by atoms with Crippen LogP contribution in [0.25, 0.3) is 0 Å². The van der Waals surface area contributed by atoms with E-state index in [0.29, 0.717) is 31.9 Å². The molecule has 8 heteroatoms. The van der Waals surface area contributed by atoms with Crippen LogP contribution in [0, 0.1) is 5.92 Å². The van der Waals surface area contributed by atoms with Gasteiger partial charge in [-0.25, -0.2) is 4.79 Å². The van der Waals surface area contributed by atoms with Crippen LogP contribution in [0.5, 0.6) is 11.5 Å². The lowest BCUT2D eigenvalue weighted by Gasteiger charge is -2.37. The molecule has 8 nitrogen and oxygen atoms in total. The summed E-state index contributed by atoms with van der Waals surface area (Å²) in [5.41, 5.74) is 0.153. The van der Waals surface area contributed by atoms with E-state index in [2.05, 4.69) is 5.32 Å². The van der Waals surface area contributed by atoms with Crippen LogP contribution in [0.4, 0.5) is 4.79 Å². The molecule has 3 heterocycles. The molecule has 0 bridgehead atoms. The number of likely N-dealkylation sites (tertiary alicyclic amines) is 1. The zero-order chi connectivity index (χ0) is 21.6. The van der Waals surface area contributed by atoms with E-state index in [1.165, 1.54) is 0 Å². The second-order valence-corrected chi connectivity index (χ2v) is 9.09. The molecule has 0 radical (unpaired) electrons. The number of rotatable bonds is 3. The van der Waals surface area contributed by atoms with Crippen molar-refractivity contribution in [1.29, 1.82) is 0 Å². The number of ether oxygens (including phenoxy) is 2. The van der Waals surface area contributed by atoms with Gasteiger partial charge in [0.1, 0.15) is 25.3 Å².